The Morgan fingerprint density at radius 3 is 2.67 bits per heavy atom. The average Bonchev–Trinajstić information content (AvgIpc) is 3.07. The van der Waals surface area contributed by atoms with Crippen molar-refractivity contribution >= 4 is 18.3 Å². The van der Waals surface area contributed by atoms with Crippen LogP contribution in [0.15, 0.2) is 24.3 Å². The molecule has 0 aliphatic carbocycles. The van der Waals surface area contributed by atoms with E-state index in [4.69, 9.17) is 0 Å². The van der Waals surface area contributed by atoms with Gasteiger partial charge in [0.2, 0.25) is 5.91 Å². The summed E-state index contributed by atoms with van der Waals surface area (Å²) in [5.41, 5.74) is 2.61. The van der Waals surface area contributed by atoms with Crippen LogP contribution >= 0.6 is 12.4 Å². The Bertz CT molecular complexity index is 531. The van der Waals surface area contributed by atoms with Crippen molar-refractivity contribution in [3.8, 4) is 0 Å². The van der Waals surface area contributed by atoms with Gasteiger partial charge in [-0.1, -0.05) is 24.3 Å². The highest BCUT2D eigenvalue weighted by molar-refractivity contribution is 5.85. The summed E-state index contributed by atoms with van der Waals surface area (Å²) < 4.78 is 0. The topological polar surface area (TPSA) is 44.4 Å². The van der Waals surface area contributed by atoms with Crippen LogP contribution in [0.25, 0.3) is 0 Å². The molecule has 0 spiro atoms. The third kappa shape index (κ3) is 5.20. The maximum Gasteiger partial charge on any atom is 0.223 e. The average molecular weight is 352 g/mol. The van der Waals surface area contributed by atoms with Crippen molar-refractivity contribution in [1.82, 2.24) is 15.5 Å². The first-order valence-electron chi connectivity index (χ1n) is 9.02. The molecule has 0 saturated carbocycles. The Balaban J connectivity index is 0.00000208. The van der Waals surface area contributed by atoms with Gasteiger partial charge in [-0.3, -0.25) is 9.69 Å². The van der Waals surface area contributed by atoms with E-state index in [1.807, 2.05) is 0 Å². The van der Waals surface area contributed by atoms with E-state index in [0.717, 1.165) is 25.9 Å². The Labute approximate surface area is 151 Å². The van der Waals surface area contributed by atoms with Crippen LogP contribution in [0.4, 0.5) is 0 Å². The van der Waals surface area contributed by atoms with E-state index in [-0.39, 0.29) is 24.2 Å². The molecule has 1 aromatic rings. The first-order chi connectivity index (χ1) is 11.2. The Kier molecular flexibility index (Phi) is 7.53. The highest BCUT2D eigenvalue weighted by atomic mass is 35.5. The summed E-state index contributed by atoms with van der Waals surface area (Å²) in [6.07, 6.45) is 4.52. The lowest BCUT2D eigenvalue weighted by Gasteiger charge is -2.27. The van der Waals surface area contributed by atoms with Gasteiger partial charge in [-0.15, -0.1) is 12.4 Å². The van der Waals surface area contributed by atoms with Crippen LogP contribution in [-0.2, 0) is 17.9 Å². The molecule has 2 heterocycles. The fraction of sp³-hybridized carbons (Fsp3) is 0.632. The zero-order chi connectivity index (χ0) is 16.1. The number of halogens is 1. The number of likely N-dealkylation sites (tertiary alicyclic amines) is 1. The van der Waals surface area contributed by atoms with Gasteiger partial charge in [0.15, 0.2) is 0 Å². The first-order valence-corrected chi connectivity index (χ1v) is 9.02. The number of nitrogens with zero attached hydrogens (tertiary/aromatic N) is 1. The summed E-state index contributed by atoms with van der Waals surface area (Å²) in [6, 6.07) is 8.97. The molecule has 3 rings (SSSR count). The minimum atomic E-state index is 0. The third-order valence-electron chi connectivity index (χ3n) is 5.16. The van der Waals surface area contributed by atoms with Crippen LogP contribution in [0.1, 0.15) is 43.7 Å². The predicted molar refractivity (Wildman–Crippen MR) is 100 cm³/mol. The standard InChI is InChI=1S/C19H29N3O.ClH/c1-15-12-16(8-9-20-15)19(23)21-13-17-6-2-3-7-18(17)14-22-10-4-5-11-22;/h2-3,6-7,15-16,20H,4-5,8-14H2,1H3,(H,21,23);1H/t15-,16-;/m0./s1. The summed E-state index contributed by atoms with van der Waals surface area (Å²) in [4.78, 5) is 14.9. The molecule has 1 amide bonds. The Morgan fingerprint density at radius 1 is 1.25 bits per heavy atom. The van der Waals surface area contributed by atoms with Crippen molar-refractivity contribution in [2.45, 2.75) is 51.7 Å². The van der Waals surface area contributed by atoms with Crippen molar-refractivity contribution < 1.29 is 4.79 Å². The third-order valence-corrected chi connectivity index (χ3v) is 5.16. The van der Waals surface area contributed by atoms with E-state index >= 15 is 0 Å². The number of carbonyl (C=O) groups is 1. The summed E-state index contributed by atoms with van der Waals surface area (Å²) in [5.74, 6) is 0.381. The second-order valence-electron chi connectivity index (χ2n) is 7.05. The van der Waals surface area contributed by atoms with E-state index in [1.54, 1.807) is 0 Å². The van der Waals surface area contributed by atoms with Crippen molar-refractivity contribution in [3.63, 3.8) is 0 Å². The number of piperidine rings is 1. The lowest BCUT2D eigenvalue weighted by atomic mass is 9.92. The summed E-state index contributed by atoms with van der Waals surface area (Å²) in [7, 11) is 0. The number of benzene rings is 1. The monoisotopic (exact) mass is 351 g/mol. The van der Waals surface area contributed by atoms with Gasteiger partial charge in [-0.25, -0.2) is 0 Å². The van der Waals surface area contributed by atoms with Crippen LogP contribution < -0.4 is 10.6 Å². The van der Waals surface area contributed by atoms with Crippen LogP contribution in [-0.4, -0.2) is 36.5 Å². The van der Waals surface area contributed by atoms with Gasteiger partial charge >= 0.3 is 0 Å². The number of hydrogen-bond acceptors (Lipinski definition) is 3. The maximum atomic E-state index is 12.4. The van der Waals surface area contributed by atoms with E-state index in [1.165, 1.54) is 37.1 Å². The molecule has 134 valence electrons. The molecule has 2 aliphatic rings. The van der Waals surface area contributed by atoms with Crippen LogP contribution in [0, 0.1) is 5.92 Å². The van der Waals surface area contributed by atoms with Crippen LogP contribution in [0.2, 0.25) is 0 Å². The number of rotatable bonds is 5. The zero-order valence-corrected chi connectivity index (χ0v) is 15.4. The number of hydrogen-bond donors (Lipinski definition) is 2. The molecule has 0 radical (unpaired) electrons. The van der Waals surface area contributed by atoms with E-state index in [0.29, 0.717) is 12.6 Å². The van der Waals surface area contributed by atoms with Gasteiger partial charge in [0, 0.05) is 25.0 Å². The molecule has 2 saturated heterocycles. The Morgan fingerprint density at radius 2 is 1.96 bits per heavy atom. The molecule has 1 aromatic carbocycles. The van der Waals surface area contributed by atoms with Crippen molar-refractivity contribution in [2.75, 3.05) is 19.6 Å². The largest absolute Gasteiger partial charge is 0.352 e. The van der Waals surface area contributed by atoms with Gasteiger partial charge in [0.05, 0.1) is 0 Å². The van der Waals surface area contributed by atoms with Crippen molar-refractivity contribution in [1.29, 1.82) is 0 Å². The van der Waals surface area contributed by atoms with Crippen molar-refractivity contribution in [3.05, 3.63) is 35.4 Å². The quantitative estimate of drug-likeness (QED) is 0.857. The molecule has 0 unspecified atom stereocenters. The molecule has 2 atom stereocenters. The molecular weight excluding hydrogens is 322 g/mol. The zero-order valence-electron chi connectivity index (χ0n) is 14.6. The highest BCUT2D eigenvalue weighted by Gasteiger charge is 2.24. The first kappa shape index (κ1) is 19.2. The Hall–Kier alpha value is -1.10. The fourth-order valence-electron chi connectivity index (χ4n) is 3.76. The lowest BCUT2D eigenvalue weighted by molar-refractivity contribution is -0.126. The smallest absolute Gasteiger partial charge is 0.223 e. The number of carbonyl (C=O) groups excluding carboxylic acids is 1. The van der Waals surface area contributed by atoms with E-state index < -0.39 is 0 Å². The van der Waals surface area contributed by atoms with Gasteiger partial charge in [-0.2, -0.15) is 0 Å². The van der Waals surface area contributed by atoms with E-state index in [9.17, 15) is 4.79 Å². The SMILES string of the molecule is C[C@H]1C[C@@H](C(=O)NCc2ccccc2CN2CCCC2)CCN1.Cl. The molecule has 2 fully saturated rings. The molecule has 0 bridgehead atoms. The number of nitrogens with one attached hydrogen (secondary N) is 2. The summed E-state index contributed by atoms with van der Waals surface area (Å²) in [6.45, 7) is 7.18. The molecule has 5 heteroatoms. The summed E-state index contributed by atoms with van der Waals surface area (Å²) >= 11 is 0. The maximum absolute atomic E-state index is 12.4. The summed E-state index contributed by atoms with van der Waals surface area (Å²) in [5, 5.41) is 6.57. The van der Waals surface area contributed by atoms with Gasteiger partial charge < -0.3 is 10.6 Å². The molecule has 0 aromatic heterocycles. The van der Waals surface area contributed by atoms with E-state index in [2.05, 4.69) is 46.7 Å². The lowest BCUT2D eigenvalue weighted by Crippen LogP contribution is -2.42. The second kappa shape index (κ2) is 9.40. The fourth-order valence-corrected chi connectivity index (χ4v) is 3.76. The predicted octanol–water partition coefficient (Wildman–Crippen LogP) is 2.71. The second-order valence-corrected chi connectivity index (χ2v) is 7.05. The van der Waals surface area contributed by atoms with Gasteiger partial charge in [-0.05, 0) is 63.4 Å². The molecule has 2 aliphatic heterocycles. The normalized spacial score (nSPS) is 24.4. The van der Waals surface area contributed by atoms with Crippen LogP contribution in [0.5, 0.6) is 0 Å². The van der Waals surface area contributed by atoms with Gasteiger partial charge in [0.25, 0.3) is 0 Å². The number of amides is 1. The van der Waals surface area contributed by atoms with Gasteiger partial charge in [0.1, 0.15) is 0 Å². The van der Waals surface area contributed by atoms with Crippen molar-refractivity contribution in [2.24, 2.45) is 5.92 Å². The minimum absolute atomic E-state index is 0. The molecule has 2 N–H and O–H groups in total. The molecule has 4 nitrogen and oxygen atoms in total. The van der Waals surface area contributed by atoms with Crippen LogP contribution in [0.3, 0.4) is 0 Å². The molecule has 24 heavy (non-hydrogen) atoms. The highest BCUT2D eigenvalue weighted by Crippen LogP contribution is 2.18. The molecular formula is C19H30ClN3O. The minimum Gasteiger partial charge on any atom is -0.352 e.